The van der Waals surface area contributed by atoms with Crippen LogP contribution in [0.2, 0.25) is 0 Å². The molecule has 1 atom stereocenters. The van der Waals surface area contributed by atoms with Crippen molar-refractivity contribution in [2.45, 2.75) is 43.3 Å². The van der Waals surface area contributed by atoms with Crippen LogP contribution in [0.3, 0.4) is 0 Å². The molecule has 1 aromatic carbocycles. The molecular formula is C14H21NS. The first kappa shape index (κ1) is 12.0. The number of hydrogen-bond donors (Lipinski definition) is 1. The van der Waals surface area contributed by atoms with E-state index < -0.39 is 0 Å². The average Bonchev–Trinajstić information content (AvgIpc) is 2.73. The highest BCUT2D eigenvalue weighted by Crippen LogP contribution is 2.29. The van der Waals surface area contributed by atoms with E-state index in [0.29, 0.717) is 5.25 Å². The van der Waals surface area contributed by atoms with Gasteiger partial charge in [0.25, 0.3) is 0 Å². The number of aryl methyl sites for hydroxylation is 2. The molecule has 2 heteroatoms. The van der Waals surface area contributed by atoms with Crippen molar-refractivity contribution in [1.29, 1.82) is 0 Å². The quantitative estimate of drug-likeness (QED) is 0.786. The van der Waals surface area contributed by atoms with E-state index in [1.54, 1.807) is 11.1 Å². The monoisotopic (exact) mass is 235 g/mol. The van der Waals surface area contributed by atoms with Gasteiger partial charge in [-0.3, -0.25) is 0 Å². The third-order valence-electron chi connectivity index (χ3n) is 3.09. The largest absolute Gasteiger partial charge is 0.316 e. The lowest BCUT2D eigenvalue weighted by atomic mass is 10.1. The molecule has 0 saturated heterocycles. The predicted molar refractivity (Wildman–Crippen MR) is 72.3 cm³/mol. The molecule has 0 aliphatic heterocycles. The van der Waals surface area contributed by atoms with Gasteiger partial charge in [-0.25, -0.2) is 0 Å². The summed E-state index contributed by atoms with van der Waals surface area (Å²) >= 11 is 1.99. The molecule has 0 bridgehead atoms. The maximum absolute atomic E-state index is 3.40. The fraction of sp³-hybridized carbons (Fsp3) is 0.571. The molecule has 16 heavy (non-hydrogen) atoms. The Morgan fingerprint density at radius 2 is 2.12 bits per heavy atom. The second-order valence-electron chi connectivity index (χ2n) is 4.52. The van der Waals surface area contributed by atoms with E-state index in [1.807, 2.05) is 11.8 Å². The Morgan fingerprint density at radius 3 is 2.94 bits per heavy atom. The summed E-state index contributed by atoms with van der Waals surface area (Å²) in [7, 11) is 0. The zero-order valence-electron chi connectivity index (χ0n) is 10.3. The van der Waals surface area contributed by atoms with Gasteiger partial charge in [0.05, 0.1) is 0 Å². The van der Waals surface area contributed by atoms with Gasteiger partial charge < -0.3 is 5.32 Å². The highest BCUT2D eigenvalue weighted by molar-refractivity contribution is 8.00. The van der Waals surface area contributed by atoms with Crippen molar-refractivity contribution < 1.29 is 0 Å². The first-order valence-electron chi connectivity index (χ1n) is 6.28. The zero-order chi connectivity index (χ0) is 11.4. The van der Waals surface area contributed by atoms with Crippen molar-refractivity contribution >= 4 is 11.8 Å². The lowest BCUT2D eigenvalue weighted by Crippen LogP contribution is -2.21. The molecule has 1 aliphatic rings. The second-order valence-corrected chi connectivity index (χ2v) is 6.03. The highest BCUT2D eigenvalue weighted by atomic mass is 32.2. The van der Waals surface area contributed by atoms with Crippen LogP contribution in [0.15, 0.2) is 23.1 Å². The van der Waals surface area contributed by atoms with E-state index >= 15 is 0 Å². The summed E-state index contributed by atoms with van der Waals surface area (Å²) < 4.78 is 0. The normalized spacial score (nSPS) is 16.1. The Hall–Kier alpha value is -0.470. The van der Waals surface area contributed by atoms with Crippen molar-refractivity contribution in [3.63, 3.8) is 0 Å². The maximum atomic E-state index is 3.40. The SMILES string of the molecule is CCNCC(C)Sc1ccc2c(c1)CCC2. The number of benzene rings is 1. The van der Waals surface area contributed by atoms with Gasteiger partial charge in [-0.1, -0.05) is 19.9 Å². The lowest BCUT2D eigenvalue weighted by molar-refractivity contribution is 0.713. The zero-order valence-corrected chi connectivity index (χ0v) is 11.1. The topological polar surface area (TPSA) is 12.0 Å². The van der Waals surface area contributed by atoms with Crippen LogP contribution >= 0.6 is 11.8 Å². The molecule has 0 spiro atoms. The molecular weight excluding hydrogens is 214 g/mol. The van der Waals surface area contributed by atoms with Crippen LogP contribution in [0.25, 0.3) is 0 Å². The molecule has 0 aromatic heterocycles. The summed E-state index contributed by atoms with van der Waals surface area (Å²) in [6, 6.07) is 7.01. The van der Waals surface area contributed by atoms with Gasteiger partial charge in [-0.05, 0) is 49.1 Å². The number of rotatable bonds is 5. The molecule has 1 unspecified atom stereocenters. The third-order valence-corrected chi connectivity index (χ3v) is 4.18. The smallest absolute Gasteiger partial charge is 0.0191 e. The van der Waals surface area contributed by atoms with Crippen LogP contribution in [0.1, 0.15) is 31.4 Å². The van der Waals surface area contributed by atoms with E-state index in [0.717, 1.165) is 13.1 Å². The minimum absolute atomic E-state index is 0.652. The molecule has 1 aromatic rings. The number of hydrogen-bond acceptors (Lipinski definition) is 2. The van der Waals surface area contributed by atoms with Crippen LogP contribution in [-0.4, -0.2) is 18.3 Å². The Balaban J connectivity index is 1.94. The third kappa shape index (κ3) is 3.02. The standard InChI is InChI=1S/C14H21NS/c1-3-15-10-11(2)16-14-8-7-12-5-4-6-13(12)9-14/h7-9,11,15H,3-6,10H2,1-2H3. The summed E-state index contributed by atoms with van der Waals surface area (Å²) in [5, 5.41) is 4.05. The molecule has 1 aliphatic carbocycles. The minimum atomic E-state index is 0.652. The molecule has 1 nitrogen and oxygen atoms in total. The van der Waals surface area contributed by atoms with Gasteiger partial charge in [0.1, 0.15) is 0 Å². The fourth-order valence-electron chi connectivity index (χ4n) is 2.24. The van der Waals surface area contributed by atoms with Crippen molar-refractivity contribution in [1.82, 2.24) is 5.32 Å². The molecule has 0 heterocycles. The molecule has 2 rings (SSSR count). The van der Waals surface area contributed by atoms with Crippen LogP contribution in [0.5, 0.6) is 0 Å². The number of thioether (sulfide) groups is 1. The summed E-state index contributed by atoms with van der Waals surface area (Å²) in [5.74, 6) is 0. The van der Waals surface area contributed by atoms with Crippen molar-refractivity contribution in [2.75, 3.05) is 13.1 Å². The second kappa shape index (κ2) is 5.74. The van der Waals surface area contributed by atoms with Gasteiger partial charge in [0.15, 0.2) is 0 Å². The molecule has 0 radical (unpaired) electrons. The Kier molecular flexibility index (Phi) is 4.30. The summed E-state index contributed by atoms with van der Waals surface area (Å²) in [5.41, 5.74) is 3.16. The van der Waals surface area contributed by atoms with Gasteiger partial charge in [-0.2, -0.15) is 0 Å². The van der Waals surface area contributed by atoms with Crippen molar-refractivity contribution in [3.8, 4) is 0 Å². The maximum Gasteiger partial charge on any atom is 0.0191 e. The Morgan fingerprint density at radius 1 is 1.31 bits per heavy atom. The van der Waals surface area contributed by atoms with Crippen LogP contribution < -0.4 is 5.32 Å². The van der Waals surface area contributed by atoms with E-state index in [4.69, 9.17) is 0 Å². The molecule has 0 fully saturated rings. The number of fused-ring (bicyclic) bond motifs is 1. The van der Waals surface area contributed by atoms with Gasteiger partial charge >= 0.3 is 0 Å². The van der Waals surface area contributed by atoms with E-state index in [-0.39, 0.29) is 0 Å². The van der Waals surface area contributed by atoms with Crippen LogP contribution in [0.4, 0.5) is 0 Å². The summed E-state index contributed by atoms with van der Waals surface area (Å²) in [6.45, 7) is 6.61. The Bertz CT molecular complexity index is 349. The first-order valence-corrected chi connectivity index (χ1v) is 7.16. The van der Waals surface area contributed by atoms with Crippen molar-refractivity contribution in [3.05, 3.63) is 29.3 Å². The molecule has 0 amide bonds. The van der Waals surface area contributed by atoms with E-state index in [1.165, 1.54) is 24.2 Å². The summed E-state index contributed by atoms with van der Waals surface area (Å²) in [4.78, 5) is 1.44. The van der Waals surface area contributed by atoms with Crippen molar-refractivity contribution in [2.24, 2.45) is 0 Å². The molecule has 88 valence electrons. The van der Waals surface area contributed by atoms with Gasteiger partial charge in [-0.15, -0.1) is 11.8 Å². The van der Waals surface area contributed by atoms with Crippen LogP contribution in [-0.2, 0) is 12.8 Å². The van der Waals surface area contributed by atoms with Gasteiger partial charge in [0.2, 0.25) is 0 Å². The highest BCUT2D eigenvalue weighted by Gasteiger charge is 2.12. The lowest BCUT2D eigenvalue weighted by Gasteiger charge is -2.12. The van der Waals surface area contributed by atoms with Crippen LogP contribution in [0, 0.1) is 0 Å². The molecule has 0 saturated carbocycles. The summed E-state index contributed by atoms with van der Waals surface area (Å²) in [6.07, 6.45) is 3.91. The predicted octanol–water partition coefficient (Wildman–Crippen LogP) is 3.27. The number of nitrogens with one attached hydrogen (secondary N) is 1. The minimum Gasteiger partial charge on any atom is -0.316 e. The van der Waals surface area contributed by atoms with E-state index in [2.05, 4.69) is 37.4 Å². The first-order chi connectivity index (χ1) is 7.79. The fourth-order valence-corrected chi connectivity index (χ4v) is 3.27. The Labute approximate surface area is 103 Å². The molecule has 1 N–H and O–H groups in total. The van der Waals surface area contributed by atoms with Gasteiger partial charge in [0, 0.05) is 16.7 Å². The van der Waals surface area contributed by atoms with E-state index in [9.17, 15) is 0 Å². The average molecular weight is 235 g/mol.